The van der Waals surface area contributed by atoms with Crippen LogP contribution >= 0.6 is 0 Å². The van der Waals surface area contributed by atoms with Crippen LogP contribution in [0.15, 0.2) is 35.4 Å². The second-order valence-corrected chi connectivity index (χ2v) is 30.8. The molecule has 2 aromatic rings. The third kappa shape index (κ3) is 5.83. The van der Waals surface area contributed by atoms with Crippen molar-refractivity contribution >= 4 is 17.6 Å². The Morgan fingerprint density at radius 1 is 0.579 bits per heavy atom. The quantitative estimate of drug-likeness (QED) is 0.416. The first kappa shape index (κ1) is 33.1. The molecule has 2 unspecified atom stereocenters. The van der Waals surface area contributed by atoms with Crippen molar-refractivity contribution in [1.29, 1.82) is 0 Å². The number of halogens is 2. The molecule has 2 aromatic carbocycles. The van der Waals surface area contributed by atoms with E-state index in [-0.39, 0.29) is 9.41 Å². The standard InChI is InChI=1S/2C16H21.C2H6Si.2FH.Zr/c2*1-10(2)13-8-14-6-12(5)7-16(14)15(9-13)11(3)4;1-3-2;;;/h2*6-11H,1-5H3;1-2H3;2*1H;/q;;;;;+2/p-2. The SMILES string of the molecule is CC1=Cc2c(C(C)C)cc(C(C)C)cc2[CH]1[Zr+2]([CH]1C(C)=Cc2c(C(C)C)cc(C(C)C)cc21)=[Si](C)C.[F-].[F-]. The molecule has 38 heavy (non-hydrogen) atoms. The fraction of sp³-hybridized carbons (Fsp3) is 0.529. The average Bonchev–Trinajstić information content (AvgIpc) is 3.28. The second kappa shape index (κ2) is 12.6. The molecule has 2 aliphatic carbocycles. The summed E-state index contributed by atoms with van der Waals surface area (Å²) in [6, 6.07) is 10.3. The molecule has 2 aliphatic rings. The van der Waals surface area contributed by atoms with Crippen molar-refractivity contribution in [3.63, 3.8) is 0 Å². The van der Waals surface area contributed by atoms with E-state index < -0.39 is 25.8 Å². The molecule has 206 valence electrons. The van der Waals surface area contributed by atoms with Crippen LogP contribution in [0.5, 0.6) is 0 Å². The summed E-state index contributed by atoms with van der Waals surface area (Å²) in [5.74, 6) is 2.28. The number of allylic oxidation sites excluding steroid dienone is 2. The zero-order chi connectivity index (χ0) is 26.6. The Kier molecular flexibility index (Phi) is 11.0. The van der Waals surface area contributed by atoms with Gasteiger partial charge in [0.05, 0.1) is 0 Å². The Labute approximate surface area is 239 Å². The first-order chi connectivity index (χ1) is 16.8. The molecule has 0 aliphatic heterocycles. The van der Waals surface area contributed by atoms with Crippen molar-refractivity contribution in [2.75, 3.05) is 0 Å². The molecular formula is C34H48F2SiZr. The summed E-state index contributed by atoms with van der Waals surface area (Å²) in [5, 5.41) is 0. The van der Waals surface area contributed by atoms with Gasteiger partial charge in [-0.1, -0.05) is 0 Å². The van der Waals surface area contributed by atoms with E-state index in [0.29, 0.717) is 30.9 Å². The Bertz CT molecular complexity index is 1200. The van der Waals surface area contributed by atoms with Gasteiger partial charge in [-0.05, 0) is 0 Å². The zero-order valence-electron chi connectivity index (χ0n) is 25.7. The summed E-state index contributed by atoms with van der Waals surface area (Å²) in [7, 11) is 0. The van der Waals surface area contributed by atoms with Crippen molar-refractivity contribution in [2.24, 2.45) is 0 Å². The minimum Gasteiger partial charge on any atom is -1.00 e. The van der Waals surface area contributed by atoms with E-state index in [2.05, 4.69) is 119 Å². The van der Waals surface area contributed by atoms with Gasteiger partial charge in [0, 0.05) is 0 Å². The van der Waals surface area contributed by atoms with Crippen LogP contribution in [0.4, 0.5) is 0 Å². The summed E-state index contributed by atoms with van der Waals surface area (Å²) >= 11 is -2.03. The number of hydrogen-bond donors (Lipinski definition) is 0. The third-order valence-corrected chi connectivity index (χ3v) is 28.5. The Balaban J connectivity index is 0.00000253. The molecule has 0 spiro atoms. The smallest absolute Gasteiger partial charge is 1.00 e. The molecule has 0 heterocycles. The number of fused-ring (bicyclic) bond motifs is 2. The Morgan fingerprint density at radius 2 is 0.921 bits per heavy atom. The van der Waals surface area contributed by atoms with E-state index in [1.165, 1.54) is 11.1 Å². The molecule has 0 fully saturated rings. The maximum Gasteiger partial charge on any atom is -1.00 e. The van der Waals surface area contributed by atoms with Crippen LogP contribution < -0.4 is 9.41 Å². The fourth-order valence-corrected chi connectivity index (χ4v) is 27.2. The van der Waals surface area contributed by atoms with E-state index in [9.17, 15) is 0 Å². The molecule has 0 saturated carbocycles. The average molecular weight is 614 g/mol. The summed E-state index contributed by atoms with van der Waals surface area (Å²) in [6.45, 7) is 29.2. The van der Waals surface area contributed by atoms with Crippen LogP contribution in [0.25, 0.3) is 12.2 Å². The van der Waals surface area contributed by atoms with Crippen molar-refractivity contribution in [3.8, 4) is 0 Å². The first-order valence-electron chi connectivity index (χ1n) is 14.2. The van der Waals surface area contributed by atoms with Crippen LogP contribution in [0, 0.1) is 0 Å². The monoisotopic (exact) mass is 612 g/mol. The van der Waals surface area contributed by atoms with Crippen LogP contribution in [-0.4, -0.2) is 5.43 Å². The molecule has 4 heteroatoms. The van der Waals surface area contributed by atoms with Gasteiger partial charge in [-0.25, -0.2) is 0 Å². The van der Waals surface area contributed by atoms with Gasteiger partial charge in [0.1, 0.15) is 0 Å². The molecule has 0 aromatic heterocycles. The maximum absolute atomic E-state index is 2.65. The van der Waals surface area contributed by atoms with E-state index in [0.717, 1.165) is 0 Å². The molecule has 0 bridgehead atoms. The summed E-state index contributed by atoms with van der Waals surface area (Å²) in [5.41, 5.74) is 15.7. The van der Waals surface area contributed by atoms with Crippen molar-refractivity contribution in [3.05, 3.63) is 79.9 Å². The minimum atomic E-state index is -2.03. The molecule has 0 saturated heterocycles. The summed E-state index contributed by atoms with van der Waals surface area (Å²) < 4.78 is 1.43. The normalized spacial score (nSPS) is 17.6. The molecule has 0 nitrogen and oxygen atoms in total. The van der Waals surface area contributed by atoms with Gasteiger partial charge in [-0.3, -0.25) is 0 Å². The molecule has 0 N–H and O–H groups in total. The van der Waals surface area contributed by atoms with Crippen LogP contribution in [0.2, 0.25) is 13.1 Å². The van der Waals surface area contributed by atoms with E-state index in [4.69, 9.17) is 0 Å². The summed E-state index contributed by atoms with van der Waals surface area (Å²) in [6.07, 6.45) is 5.20. The van der Waals surface area contributed by atoms with E-state index in [1.807, 2.05) is 0 Å². The molecule has 0 radical (unpaired) electrons. The van der Waals surface area contributed by atoms with E-state index in [1.54, 1.807) is 44.5 Å². The van der Waals surface area contributed by atoms with Crippen molar-refractivity contribution in [2.45, 2.75) is 113 Å². The first-order valence-corrected chi connectivity index (χ1v) is 23.2. The van der Waals surface area contributed by atoms with Gasteiger partial charge in [-0.2, -0.15) is 0 Å². The molecular weight excluding hydrogens is 566 g/mol. The molecule has 0 amide bonds. The number of benzene rings is 2. The minimum absolute atomic E-state index is 0. The number of rotatable bonds is 6. The predicted octanol–water partition coefficient (Wildman–Crippen LogP) is 4.67. The van der Waals surface area contributed by atoms with Crippen molar-refractivity contribution in [1.82, 2.24) is 0 Å². The largest absolute Gasteiger partial charge is 1.00 e. The topological polar surface area (TPSA) is 0 Å². The molecule has 4 rings (SSSR count). The van der Waals surface area contributed by atoms with Crippen LogP contribution in [0.1, 0.15) is 145 Å². The summed E-state index contributed by atoms with van der Waals surface area (Å²) in [4.78, 5) is 0. The van der Waals surface area contributed by atoms with Crippen LogP contribution in [0.3, 0.4) is 0 Å². The maximum atomic E-state index is 2.65. The van der Waals surface area contributed by atoms with Crippen molar-refractivity contribution < 1.29 is 29.8 Å². The zero-order valence-corrected chi connectivity index (χ0v) is 29.1. The van der Waals surface area contributed by atoms with Gasteiger partial charge in [0.15, 0.2) is 0 Å². The van der Waals surface area contributed by atoms with Gasteiger partial charge >= 0.3 is 231 Å². The van der Waals surface area contributed by atoms with Gasteiger partial charge < -0.3 is 9.41 Å². The predicted molar refractivity (Wildman–Crippen MR) is 160 cm³/mol. The van der Waals surface area contributed by atoms with Gasteiger partial charge in [0.2, 0.25) is 0 Å². The van der Waals surface area contributed by atoms with Crippen LogP contribution in [-0.2, 0) is 20.4 Å². The second-order valence-electron chi connectivity index (χ2n) is 12.9. The molecule has 2 atom stereocenters. The Morgan fingerprint density at radius 3 is 1.18 bits per heavy atom. The number of hydrogen-bond acceptors (Lipinski definition) is 0. The third-order valence-electron chi connectivity index (χ3n) is 8.59. The fourth-order valence-electron chi connectivity index (χ4n) is 6.56. The Hall–Kier alpha value is -1.12. The van der Waals surface area contributed by atoms with Gasteiger partial charge in [-0.15, -0.1) is 0 Å². The van der Waals surface area contributed by atoms with Gasteiger partial charge in [0.25, 0.3) is 0 Å². The van der Waals surface area contributed by atoms with E-state index >= 15 is 0 Å².